The van der Waals surface area contributed by atoms with E-state index in [9.17, 15) is 4.79 Å². The van der Waals surface area contributed by atoms with E-state index in [1.54, 1.807) is 12.1 Å². The number of aromatic amines is 1. The van der Waals surface area contributed by atoms with E-state index in [-0.39, 0.29) is 12.0 Å². The van der Waals surface area contributed by atoms with E-state index in [2.05, 4.69) is 58.1 Å². The van der Waals surface area contributed by atoms with Crippen molar-refractivity contribution >= 4 is 33.7 Å². The maximum absolute atomic E-state index is 11.9. The number of methoxy groups -OCH3 is 1. The Bertz CT molecular complexity index is 1240. The molecular formula is C26H28N4O2. The van der Waals surface area contributed by atoms with Crippen LogP contribution in [-0.2, 0) is 11.2 Å². The summed E-state index contributed by atoms with van der Waals surface area (Å²) in [6.45, 7) is 2.09. The molecule has 1 aromatic heterocycles. The van der Waals surface area contributed by atoms with Gasteiger partial charge in [0, 0.05) is 6.04 Å². The van der Waals surface area contributed by atoms with Crippen LogP contribution in [0.2, 0.25) is 0 Å². The number of nitrogens with one attached hydrogen (secondary N) is 3. The number of anilines is 1. The van der Waals surface area contributed by atoms with Crippen molar-refractivity contribution < 1.29 is 9.53 Å². The normalized spacial score (nSPS) is 15.7. The Morgan fingerprint density at radius 3 is 2.78 bits per heavy atom. The second kappa shape index (κ2) is 9.01. The van der Waals surface area contributed by atoms with Crippen LogP contribution < -0.4 is 10.6 Å². The molecule has 1 atom stereocenters. The number of benzene rings is 3. The molecule has 3 N–H and O–H groups in total. The van der Waals surface area contributed by atoms with Crippen LogP contribution in [0.25, 0.3) is 21.8 Å². The molecule has 1 saturated heterocycles. The molecule has 0 spiro atoms. The molecule has 6 nitrogen and oxygen atoms in total. The van der Waals surface area contributed by atoms with Crippen molar-refractivity contribution in [1.29, 1.82) is 0 Å². The van der Waals surface area contributed by atoms with Gasteiger partial charge in [-0.3, -0.25) is 0 Å². The van der Waals surface area contributed by atoms with Gasteiger partial charge in [-0.1, -0.05) is 42.5 Å². The standard InChI is InChI=1S/C26H28N4O2/c1-32-25(31)20-9-10-22-24(16-20)30-26(28-22)29-23(18-11-13-27-14-12-18)15-19-7-4-6-17-5-2-3-8-21(17)19/h2-10,16,18,23,27H,11-15H2,1H3,(H2,28,29,30). The van der Waals surface area contributed by atoms with Crippen LogP contribution in [0.15, 0.2) is 60.7 Å². The van der Waals surface area contributed by atoms with Gasteiger partial charge in [0.1, 0.15) is 0 Å². The number of piperidine rings is 1. The zero-order valence-electron chi connectivity index (χ0n) is 18.2. The highest BCUT2D eigenvalue weighted by Crippen LogP contribution is 2.27. The van der Waals surface area contributed by atoms with Crippen molar-refractivity contribution in [3.05, 3.63) is 71.8 Å². The lowest BCUT2D eigenvalue weighted by atomic mass is 9.85. The topological polar surface area (TPSA) is 79.0 Å². The quantitative estimate of drug-likeness (QED) is 0.394. The van der Waals surface area contributed by atoms with Crippen LogP contribution in [0.4, 0.5) is 5.95 Å². The van der Waals surface area contributed by atoms with E-state index in [1.165, 1.54) is 23.4 Å². The number of fused-ring (bicyclic) bond motifs is 2. The Morgan fingerprint density at radius 2 is 1.94 bits per heavy atom. The number of carbonyl (C=O) groups is 1. The van der Waals surface area contributed by atoms with E-state index in [1.807, 2.05) is 6.07 Å². The average Bonchev–Trinajstić information content (AvgIpc) is 3.25. The molecule has 1 fully saturated rings. The predicted octanol–water partition coefficient (Wildman–Crippen LogP) is 4.53. The van der Waals surface area contributed by atoms with Crippen molar-refractivity contribution in [2.45, 2.75) is 25.3 Å². The highest BCUT2D eigenvalue weighted by atomic mass is 16.5. The smallest absolute Gasteiger partial charge is 0.337 e. The molecule has 1 aliphatic rings. The number of hydrogen-bond acceptors (Lipinski definition) is 5. The summed E-state index contributed by atoms with van der Waals surface area (Å²) in [6.07, 6.45) is 3.20. The monoisotopic (exact) mass is 428 g/mol. The summed E-state index contributed by atoms with van der Waals surface area (Å²) < 4.78 is 4.84. The van der Waals surface area contributed by atoms with Gasteiger partial charge < -0.3 is 20.4 Å². The number of H-pyrrole nitrogens is 1. The summed E-state index contributed by atoms with van der Waals surface area (Å²) in [7, 11) is 1.39. The van der Waals surface area contributed by atoms with Crippen LogP contribution in [-0.4, -0.2) is 42.2 Å². The van der Waals surface area contributed by atoms with Crippen LogP contribution in [0.3, 0.4) is 0 Å². The first-order chi connectivity index (χ1) is 15.7. The summed E-state index contributed by atoms with van der Waals surface area (Å²) >= 11 is 0. The van der Waals surface area contributed by atoms with E-state index < -0.39 is 0 Å². The molecule has 0 aliphatic carbocycles. The lowest BCUT2D eigenvalue weighted by Crippen LogP contribution is -2.39. The fourth-order valence-electron chi connectivity index (χ4n) is 4.78. The molecule has 164 valence electrons. The minimum atomic E-state index is -0.354. The van der Waals surface area contributed by atoms with Crippen molar-refractivity contribution in [3.8, 4) is 0 Å². The number of ether oxygens (including phenoxy) is 1. The molecule has 1 unspecified atom stereocenters. The Hall–Kier alpha value is -3.38. The number of esters is 1. The van der Waals surface area contributed by atoms with Gasteiger partial charge in [0.15, 0.2) is 0 Å². The fourth-order valence-corrected chi connectivity index (χ4v) is 4.78. The van der Waals surface area contributed by atoms with Crippen LogP contribution in [0.5, 0.6) is 0 Å². The molecule has 6 heteroatoms. The van der Waals surface area contributed by atoms with Gasteiger partial charge >= 0.3 is 5.97 Å². The van der Waals surface area contributed by atoms with Gasteiger partial charge in [0.05, 0.1) is 23.7 Å². The first kappa shape index (κ1) is 20.5. The molecule has 32 heavy (non-hydrogen) atoms. The summed E-state index contributed by atoms with van der Waals surface area (Å²) in [5.74, 6) is 0.938. The summed E-state index contributed by atoms with van der Waals surface area (Å²) in [6, 6.07) is 20.8. The van der Waals surface area contributed by atoms with Gasteiger partial charge in [-0.15, -0.1) is 0 Å². The molecule has 0 saturated carbocycles. The first-order valence-corrected chi connectivity index (χ1v) is 11.2. The second-order valence-electron chi connectivity index (χ2n) is 8.49. The molecule has 5 rings (SSSR count). The largest absolute Gasteiger partial charge is 0.465 e. The zero-order chi connectivity index (χ0) is 21.9. The Balaban J connectivity index is 1.45. The van der Waals surface area contributed by atoms with Gasteiger partial charge in [-0.2, -0.15) is 0 Å². The molecular weight excluding hydrogens is 400 g/mol. The zero-order valence-corrected chi connectivity index (χ0v) is 18.2. The third-order valence-corrected chi connectivity index (χ3v) is 6.50. The Morgan fingerprint density at radius 1 is 1.12 bits per heavy atom. The lowest BCUT2D eigenvalue weighted by molar-refractivity contribution is 0.0601. The first-order valence-electron chi connectivity index (χ1n) is 11.2. The fraction of sp³-hybridized carbons (Fsp3) is 0.308. The van der Waals surface area contributed by atoms with Crippen LogP contribution in [0.1, 0.15) is 28.8 Å². The highest BCUT2D eigenvalue weighted by molar-refractivity contribution is 5.94. The molecule has 0 radical (unpaired) electrons. The third kappa shape index (κ3) is 4.18. The molecule has 3 aromatic carbocycles. The number of carbonyl (C=O) groups excluding carboxylic acids is 1. The molecule has 2 heterocycles. The second-order valence-corrected chi connectivity index (χ2v) is 8.49. The maximum atomic E-state index is 11.9. The number of hydrogen-bond donors (Lipinski definition) is 3. The summed E-state index contributed by atoms with van der Waals surface area (Å²) in [5, 5.41) is 9.76. The Kier molecular flexibility index (Phi) is 5.77. The van der Waals surface area contributed by atoms with Crippen LogP contribution in [0, 0.1) is 5.92 Å². The summed E-state index contributed by atoms with van der Waals surface area (Å²) in [5.41, 5.74) is 3.51. The molecule has 4 aromatic rings. The molecule has 0 bridgehead atoms. The number of imidazole rings is 1. The van der Waals surface area contributed by atoms with Crippen molar-refractivity contribution in [2.24, 2.45) is 5.92 Å². The lowest BCUT2D eigenvalue weighted by Gasteiger charge is -2.31. The van der Waals surface area contributed by atoms with E-state index in [4.69, 9.17) is 9.72 Å². The van der Waals surface area contributed by atoms with E-state index >= 15 is 0 Å². The average molecular weight is 429 g/mol. The maximum Gasteiger partial charge on any atom is 0.337 e. The van der Waals surface area contributed by atoms with E-state index in [0.717, 1.165) is 49.3 Å². The van der Waals surface area contributed by atoms with Gasteiger partial charge in [0.25, 0.3) is 0 Å². The number of rotatable bonds is 6. The minimum Gasteiger partial charge on any atom is -0.465 e. The van der Waals surface area contributed by atoms with E-state index in [0.29, 0.717) is 11.5 Å². The molecule has 0 amide bonds. The Labute approximate surface area is 187 Å². The van der Waals surface area contributed by atoms with Gasteiger partial charge in [-0.25, -0.2) is 9.78 Å². The number of aromatic nitrogens is 2. The van der Waals surface area contributed by atoms with Gasteiger partial charge in [-0.05, 0) is 72.8 Å². The predicted molar refractivity (Wildman–Crippen MR) is 128 cm³/mol. The van der Waals surface area contributed by atoms with Crippen molar-refractivity contribution in [3.63, 3.8) is 0 Å². The van der Waals surface area contributed by atoms with Crippen molar-refractivity contribution in [1.82, 2.24) is 15.3 Å². The number of nitrogens with zero attached hydrogens (tertiary/aromatic N) is 1. The third-order valence-electron chi connectivity index (χ3n) is 6.50. The minimum absolute atomic E-state index is 0.253. The SMILES string of the molecule is COC(=O)c1ccc2[nH]c(NC(Cc3cccc4ccccc34)C3CCNCC3)nc2c1. The summed E-state index contributed by atoms with van der Waals surface area (Å²) in [4.78, 5) is 20.0. The van der Waals surface area contributed by atoms with Gasteiger partial charge in [0.2, 0.25) is 5.95 Å². The molecule has 1 aliphatic heterocycles. The van der Waals surface area contributed by atoms with Crippen molar-refractivity contribution in [2.75, 3.05) is 25.5 Å². The highest BCUT2D eigenvalue weighted by Gasteiger charge is 2.25. The van der Waals surface area contributed by atoms with Crippen LogP contribution >= 0.6 is 0 Å².